The van der Waals surface area contributed by atoms with Crippen LogP contribution < -0.4 is 4.74 Å². The Kier molecular flexibility index (Phi) is 7.03. The van der Waals surface area contributed by atoms with E-state index >= 15 is 0 Å². The van der Waals surface area contributed by atoms with Crippen LogP contribution in [0.1, 0.15) is 38.6 Å². The summed E-state index contributed by atoms with van der Waals surface area (Å²) >= 11 is 1.42. The van der Waals surface area contributed by atoms with Crippen LogP contribution >= 0.6 is 11.3 Å². The second-order valence-corrected chi connectivity index (χ2v) is 9.17. The molecule has 1 fully saturated rings. The third-order valence-electron chi connectivity index (χ3n) is 6.00. The van der Waals surface area contributed by atoms with E-state index in [1.165, 1.54) is 22.5 Å². The van der Waals surface area contributed by atoms with Gasteiger partial charge in [0.15, 0.2) is 5.82 Å². The fraction of sp³-hybridized carbons (Fsp3) is 0.458. The molecule has 0 radical (unpaired) electrons. The Balaban J connectivity index is 1.53. The number of ether oxygens (including phenoxy) is 2. The van der Waals surface area contributed by atoms with E-state index in [1.807, 2.05) is 11.8 Å². The summed E-state index contributed by atoms with van der Waals surface area (Å²) in [6.07, 6.45) is 0.961. The number of carbonyl (C=O) groups is 1. The van der Waals surface area contributed by atoms with Crippen molar-refractivity contribution in [3.63, 3.8) is 0 Å². The minimum atomic E-state index is 0.0681. The van der Waals surface area contributed by atoms with Gasteiger partial charge >= 0.3 is 0 Å². The van der Waals surface area contributed by atoms with Crippen molar-refractivity contribution in [3.05, 3.63) is 51.7 Å². The van der Waals surface area contributed by atoms with Crippen LogP contribution in [0, 0.1) is 13.8 Å². The summed E-state index contributed by atoms with van der Waals surface area (Å²) in [5.41, 5.74) is 3.55. The lowest BCUT2D eigenvalue weighted by molar-refractivity contribution is 0.0765. The molecule has 4 rings (SSSR count). The summed E-state index contributed by atoms with van der Waals surface area (Å²) in [7, 11) is 3.20. The number of aromatic nitrogens is 2. The van der Waals surface area contributed by atoms with E-state index < -0.39 is 0 Å². The molecule has 170 valence electrons. The zero-order valence-corrected chi connectivity index (χ0v) is 20.0. The first-order valence-corrected chi connectivity index (χ1v) is 11.7. The molecule has 0 unspecified atom stereocenters. The second kappa shape index (κ2) is 9.94. The van der Waals surface area contributed by atoms with Crippen molar-refractivity contribution in [2.75, 3.05) is 40.4 Å². The van der Waals surface area contributed by atoms with Gasteiger partial charge in [0.1, 0.15) is 11.4 Å². The van der Waals surface area contributed by atoms with Gasteiger partial charge in [-0.25, -0.2) is 4.98 Å². The van der Waals surface area contributed by atoms with Crippen molar-refractivity contribution in [2.24, 2.45) is 0 Å². The van der Waals surface area contributed by atoms with E-state index in [0.29, 0.717) is 18.3 Å². The van der Waals surface area contributed by atoms with Crippen LogP contribution in [-0.2, 0) is 17.9 Å². The van der Waals surface area contributed by atoms with E-state index in [1.54, 1.807) is 14.2 Å². The number of hydrogen-bond acceptors (Lipinski definition) is 7. The number of aryl methyl sites for hydroxylation is 2. The van der Waals surface area contributed by atoms with E-state index in [9.17, 15) is 4.79 Å². The molecule has 3 heterocycles. The number of rotatable bonds is 6. The maximum Gasteiger partial charge on any atom is 0.264 e. The SMILES string of the molecule is COCc1nc(OC)c2c(C)c(C(=O)N3CCCN(Cc4ccccc4C)CC3)sc2n1. The summed E-state index contributed by atoms with van der Waals surface area (Å²) in [6.45, 7) is 8.67. The van der Waals surface area contributed by atoms with Crippen LogP contribution in [0.2, 0.25) is 0 Å². The van der Waals surface area contributed by atoms with E-state index in [2.05, 4.69) is 46.1 Å². The quantitative estimate of drug-likeness (QED) is 0.564. The van der Waals surface area contributed by atoms with Crippen LogP contribution in [0.4, 0.5) is 0 Å². The molecule has 1 aromatic carbocycles. The molecule has 7 nitrogen and oxygen atoms in total. The molecular formula is C24H30N4O3S. The number of hydrogen-bond donors (Lipinski definition) is 0. The molecule has 1 amide bonds. The maximum absolute atomic E-state index is 13.5. The second-order valence-electron chi connectivity index (χ2n) is 8.17. The first-order chi connectivity index (χ1) is 15.5. The summed E-state index contributed by atoms with van der Waals surface area (Å²) in [5, 5.41) is 0.816. The number of thiophene rings is 1. The van der Waals surface area contributed by atoms with Crippen LogP contribution in [0.15, 0.2) is 24.3 Å². The minimum Gasteiger partial charge on any atom is -0.480 e. The van der Waals surface area contributed by atoms with Crippen molar-refractivity contribution in [1.29, 1.82) is 0 Å². The molecular weight excluding hydrogens is 424 g/mol. The fourth-order valence-electron chi connectivity index (χ4n) is 4.19. The molecule has 0 spiro atoms. The molecule has 0 saturated carbocycles. The van der Waals surface area contributed by atoms with E-state index in [-0.39, 0.29) is 5.91 Å². The molecule has 0 bridgehead atoms. The van der Waals surface area contributed by atoms with Crippen LogP contribution in [-0.4, -0.2) is 66.1 Å². The molecule has 3 aromatic rings. The largest absolute Gasteiger partial charge is 0.480 e. The Hall–Kier alpha value is -2.55. The number of fused-ring (bicyclic) bond motifs is 1. The first-order valence-electron chi connectivity index (χ1n) is 10.9. The Morgan fingerprint density at radius 2 is 1.91 bits per heavy atom. The molecule has 1 saturated heterocycles. The van der Waals surface area contributed by atoms with Crippen LogP contribution in [0.5, 0.6) is 5.88 Å². The van der Waals surface area contributed by atoms with Crippen molar-refractivity contribution < 1.29 is 14.3 Å². The lowest BCUT2D eigenvalue weighted by Gasteiger charge is -2.22. The van der Waals surface area contributed by atoms with Crippen LogP contribution in [0.3, 0.4) is 0 Å². The summed E-state index contributed by atoms with van der Waals surface area (Å²) < 4.78 is 10.7. The number of methoxy groups -OCH3 is 2. The standard InChI is InChI=1S/C24H30N4O3S/c1-16-8-5-6-9-18(16)14-27-10-7-11-28(13-12-27)24(29)21-17(2)20-22(31-4)25-19(15-30-3)26-23(20)32-21/h5-6,8-9H,7,10-15H2,1-4H3. The minimum absolute atomic E-state index is 0.0681. The zero-order chi connectivity index (χ0) is 22.7. The first kappa shape index (κ1) is 22.6. The van der Waals surface area contributed by atoms with E-state index in [4.69, 9.17) is 9.47 Å². The predicted molar refractivity (Wildman–Crippen MR) is 126 cm³/mol. The van der Waals surface area contributed by atoms with E-state index in [0.717, 1.165) is 59.8 Å². The van der Waals surface area contributed by atoms with Gasteiger partial charge in [0, 0.05) is 39.8 Å². The molecule has 8 heteroatoms. The summed E-state index contributed by atoms with van der Waals surface area (Å²) in [4.78, 5) is 28.4. The molecule has 0 N–H and O–H groups in total. The lowest BCUT2D eigenvalue weighted by Crippen LogP contribution is -2.35. The normalized spacial score (nSPS) is 15.2. The smallest absolute Gasteiger partial charge is 0.264 e. The van der Waals surface area contributed by atoms with Gasteiger partial charge in [-0.1, -0.05) is 24.3 Å². The average Bonchev–Trinajstić information content (AvgIpc) is 2.96. The molecule has 1 aliphatic rings. The van der Waals surface area contributed by atoms with Crippen LogP contribution in [0.25, 0.3) is 10.2 Å². The molecule has 1 aliphatic heterocycles. The van der Waals surface area contributed by atoms with Gasteiger partial charge in [0.25, 0.3) is 5.91 Å². The fourth-order valence-corrected chi connectivity index (χ4v) is 5.35. The van der Waals surface area contributed by atoms with Gasteiger partial charge in [-0.05, 0) is 37.0 Å². The highest BCUT2D eigenvalue weighted by Gasteiger charge is 2.26. The van der Waals surface area contributed by atoms with Gasteiger partial charge in [-0.2, -0.15) is 4.98 Å². The number of benzene rings is 1. The summed E-state index contributed by atoms with van der Waals surface area (Å²) in [6, 6.07) is 8.51. The average molecular weight is 455 g/mol. The monoisotopic (exact) mass is 454 g/mol. The summed E-state index contributed by atoms with van der Waals surface area (Å²) in [5.74, 6) is 1.12. The number of amides is 1. The molecule has 0 atom stereocenters. The molecule has 32 heavy (non-hydrogen) atoms. The maximum atomic E-state index is 13.5. The Bertz CT molecular complexity index is 1110. The van der Waals surface area contributed by atoms with Crippen molar-refractivity contribution >= 4 is 27.5 Å². The van der Waals surface area contributed by atoms with Crippen molar-refractivity contribution in [1.82, 2.24) is 19.8 Å². The number of carbonyl (C=O) groups excluding carboxylic acids is 1. The number of nitrogens with zero attached hydrogens (tertiary/aromatic N) is 4. The highest BCUT2D eigenvalue weighted by molar-refractivity contribution is 7.20. The highest BCUT2D eigenvalue weighted by Crippen LogP contribution is 2.35. The Morgan fingerprint density at radius 1 is 1.09 bits per heavy atom. The molecule has 0 aliphatic carbocycles. The van der Waals surface area contributed by atoms with Gasteiger partial charge in [-0.15, -0.1) is 11.3 Å². The van der Waals surface area contributed by atoms with Gasteiger partial charge in [0.2, 0.25) is 5.88 Å². The van der Waals surface area contributed by atoms with Gasteiger partial charge in [-0.3, -0.25) is 9.69 Å². The Morgan fingerprint density at radius 3 is 2.66 bits per heavy atom. The predicted octanol–water partition coefficient (Wildman–Crippen LogP) is 3.81. The zero-order valence-electron chi connectivity index (χ0n) is 19.2. The van der Waals surface area contributed by atoms with Gasteiger partial charge in [0.05, 0.1) is 17.4 Å². The van der Waals surface area contributed by atoms with Crippen molar-refractivity contribution in [3.8, 4) is 5.88 Å². The van der Waals surface area contributed by atoms with Crippen molar-refractivity contribution in [2.45, 2.75) is 33.4 Å². The van der Waals surface area contributed by atoms with Gasteiger partial charge < -0.3 is 14.4 Å². The molecule has 2 aromatic heterocycles. The third kappa shape index (κ3) is 4.62. The highest BCUT2D eigenvalue weighted by atomic mass is 32.1. The lowest BCUT2D eigenvalue weighted by atomic mass is 10.1. The Labute approximate surface area is 193 Å². The third-order valence-corrected chi connectivity index (χ3v) is 7.17. The topological polar surface area (TPSA) is 67.8 Å².